The minimum absolute atomic E-state index is 0.101. The van der Waals surface area contributed by atoms with Gasteiger partial charge < -0.3 is 15.3 Å². The molecule has 2 atom stereocenters. The SMILES string of the molecule is Cc1cccc(-c2cc(C)c(F)c(C)c2C=CC(O)CC(O)CC(=O)O)c1. The fourth-order valence-electron chi connectivity index (χ4n) is 3.09. The van der Waals surface area contributed by atoms with E-state index in [1.807, 2.05) is 31.2 Å². The summed E-state index contributed by atoms with van der Waals surface area (Å²) in [7, 11) is 0. The Morgan fingerprint density at radius 2 is 1.89 bits per heavy atom. The molecule has 2 aromatic carbocycles. The van der Waals surface area contributed by atoms with Crippen LogP contribution in [0, 0.1) is 26.6 Å². The van der Waals surface area contributed by atoms with E-state index in [0.717, 1.165) is 16.7 Å². The molecule has 0 saturated heterocycles. The number of carboxylic acid groups (broad SMARTS) is 1. The van der Waals surface area contributed by atoms with Crippen molar-refractivity contribution in [2.75, 3.05) is 0 Å². The molecule has 0 saturated carbocycles. The molecule has 0 spiro atoms. The molecular weight excluding hydrogens is 347 g/mol. The van der Waals surface area contributed by atoms with Gasteiger partial charge in [-0.15, -0.1) is 0 Å². The van der Waals surface area contributed by atoms with E-state index in [1.54, 1.807) is 26.0 Å². The molecule has 2 aromatic rings. The number of benzene rings is 2. The Morgan fingerprint density at radius 3 is 2.52 bits per heavy atom. The minimum Gasteiger partial charge on any atom is -0.481 e. The monoisotopic (exact) mass is 372 g/mol. The molecular formula is C22H25FO4. The summed E-state index contributed by atoms with van der Waals surface area (Å²) in [6, 6.07) is 9.65. The summed E-state index contributed by atoms with van der Waals surface area (Å²) in [5, 5.41) is 28.4. The maximum absolute atomic E-state index is 14.4. The lowest BCUT2D eigenvalue weighted by atomic mass is 9.91. The first-order valence-electron chi connectivity index (χ1n) is 8.82. The van der Waals surface area contributed by atoms with Gasteiger partial charge in [0.1, 0.15) is 5.82 Å². The highest BCUT2D eigenvalue weighted by Crippen LogP contribution is 2.31. The molecule has 4 nitrogen and oxygen atoms in total. The minimum atomic E-state index is -1.14. The van der Waals surface area contributed by atoms with Crippen LogP contribution in [-0.2, 0) is 4.79 Å². The molecule has 0 heterocycles. The summed E-state index contributed by atoms with van der Waals surface area (Å²) in [5.41, 5.74) is 4.54. The van der Waals surface area contributed by atoms with E-state index in [1.165, 1.54) is 6.08 Å². The third-order valence-corrected chi connectivity index (χ3v) is 4.47. The Balaban J connectivity index is 2.37. The van der Waals surface area contributed by atoms with Crippen molar-refractivity contribution >= 4 is 12.0 Å². The zero-order chi connectivity index (χ0) is 20.1. The second kappa shape index (κ2) is 8.93. The largest absolute Gasteiger partial charge is 0.481 e. The van der Waals surface area contributed by atoms with Gasteiger partial charge in [-0.25, -0.2) is 4.39 Å². The molecule has 0 aromatic heterocycles. The Bertz CT molecular complexity index is 858. The van der Waals surface area contributed by atoms with Gasteiger partial charge >= 0.3 is 5.97 Å². The van der Waals surface area contributed by atoms with Crippen LogP contribution in [0.1, 0.15) is 35.1 Å². The Kier molecular flexibility index (Phi) is 6.88. The molecule has 0 amide bonds. The molecule has 27 heavy (non-hydrogen) atoms. The lowest BCUT2D eigenvalue weighted by molar-refractivity contribution is -0.139. The van der Waals surface area contributed by atoms with Gasteiger partial charge in [-0.2, -0.15) is 0 Å². The van der Waals surface area contributed by atoms with Crippen molar-refractivity contribution in [3.63, 3.8) is 0 Å². The van der Waals surface area contributed by atoms with Crippen molar-refractivity contribution in [1.29, 1.82) is 0 Å². The van der Waals surface area contributed by atoms with Crippen LogP contribution in [0.5, 0.6) is 0 Å². The molecule has 2 rings (SSSR count). The van der Waals surface area contributed by atoms with E-state index in [0.29, 0.717) is 16.7 Å². The number of halogens is 1. The van der Waals surface area contributed by atoms with Crippen molar-refractivity contribution < 1.29 is 24.5 Å². The van der Waals surface area contributed by atoms with Gasteiger partial charge in [0.15, 0.2) is 0 Å². The Hall–Kier alpha value is -2.50. The summed E-state index contributed by atoms with van der Waals surface area (Å²) in [6.45, 7) is 5.38. The molecule has 0 fully saturated rings. The van der Waals surface area contributed by atoms with Gasteiger partial charge in [-0.3, -0.25) is 4.79 Å². The third kappa shape index (κ3) is 5.49. The fraction of sp³-hybridized carbons (Fsp3) is 0.318. The maximum atomic E-state index is 14.4. The van der Waals surface area contributed by atoms with Gasteiger partial charge in [0.25, 0.3) is 0 Å². The molecule has 2 unspecified atom stereocenters. The van der Waals surface area contributed by atoms with Gasteiger partial charge in [0, 0.05) is 6.42 Å². The maximum Gasteiger partial charge on any atom is 0.305 e. The van der Waals surface area contributed by atoms with Crippen LogP contribution in [0.15, 0.2) is 36.4 Å². The molecule has 3 N–H and O–H groups in total. The number of carbonyl (C=O) groups is 1. The highest BCUT2D eigenvalue weighted by atomic mass is 19.1. The van der Waals surface area contributed by atoms with Crippen LogP contribution >= 0.6 is 0 Å². The molecule has 0 bridgehead atoms. The molecule has 5 heteroatoms. The number of rotatable bonds is 7. The lowest BCUT2D eigenvalue weighted by Gasteiger charge is -2.15. The van der Waals surface area contributed by atoms with E-state index >= 15 is 0 Å². The molecule has 0 radical (unpaired) electrons. The summed E-state index contributed by atoms with van der Waals surface area (Å²) >= 11 is 0. The van der Waals surface area contributed by atoms with Gasteiger partial charge in [-0.05, 0) is 54.7 Å². The first-order chi connectivity index (χ1) is 12.7. The predicted molar refractivity (Wildman–Crippen MR) is 104 cm³/mol. The fourth-order valence-corrected chi connectivity index (χ4v) is 3.09. The van der Waals surface area contributed by atoms with Crippen molar-refractivity contribution in [3.8, 4) is 11.1 Å². The first kappa shape index (κ1) is 20.8. The van der Waals surface area contributed by atoms with Gasteiger partial charge in [0.2, 0.25) is 0 Å². The number of aryl methyl sites for hydroxylation is 2. The van der Waals surface area contributed by atoms with E-state index in [2.05, 4.69) is 0 Å². The second-order valence-electron chi connectivity index (χ2n) is 6.88. The van der Waals surface area contributed by atoms with Crippen molar-refractivity contribution in [3.05, 3.63) is 64.5 Å². The zero-order valence-electron chi connectivity index (χ0n) is 15.7. The highest BCUT2D eigenvalue weighted by Gasteiger charge is 2.15. The van der Waals surface area contributed by atoms with E-state index in [9.17, 15) is 19.4 Å². The quantitative estimate of drug-likeness (QED) is 0.686. The molecule has 0 aliphatic carbocycles. The predicted octanol–water partition coefficient (Wildman–Crippen LogP) is 4.02. The van der Waals surface area contributed by atoms with Crippen LogP contribution in [-0.4, -0.2) is 33.5 Å². The standard InChI is InChI=1S/C22H25FO4/c1-13-5-4-6-16(9-13)20-10-14(2)22(23)15(3)19(20)8-7-17(24)11-18(25)12-21(26)27/h4-10,17-18,24-25H,11-12H2,1-3H3,(H,26,27). The van der Waals surface area contributed by atoms with E-state index in [-0.39, 0.29) is 12.2 Å². The van der Waals surface area contributed by atoms with E-state index < -0.39 is 24.6 Å². The second-order valence-corrected chi connectivity index (χ2v) is 6.88. The van der Waals surface area contributed by atoms with Crippen LogP contribution in [0.3, 0.4) is 0 Å². The number of aliphatic carboxylic acids is 1. The molecule has 0 aliphatic rings. The normalized spacial score (nSPS) is 13.7. The topological polar surface area (TPSA) is 77.8 Å². The number of hydrogen-bond acceptors (Lipinski definition) is 3. The van der Waals surface area contributed by atoms with Gasteiger partial charge in [0.05, 0.1) is 18.6 Å². The summed E-state index contributed by atoms with van der Waals surface area (Å²) in [5.74, 6) is -1.43. The van der Waals surface area contributed by atoms with Gasteiger partial charge in [-0.1, -0.05) is 42.0 Å². The molecule has 144 valence electrons. The van der Waals surface area contributed by atoms with Crippen molar-refractivity contribution in [2.24, 2.45) is 0 Å². The van der Waals surface area contributed by atoms with Crippen LogP contribution in [0.2, 0.25) is 0 Å². The number of aliphatic hydroxyl groups is 2. The number of hydrogen-bond donors (Lipinski definition) is 3. The zero-order valence-corrected chi connectivity index (χ0v) is 15.7. The summed E-state index contributed by atoms with van der Waals surface area (Å²) in [6.07, 6.45) is 0.380. The van der Waals surface area contributed by atoms with Crippen LogP contribution in [0.25, 0.3) is 17.2 Å². The van der Waals surface area contributed by atoms with E-state index in [4.69, 9.17) is 5.11 Å². The van der Waals surface area contributed by atoms with Crippen molar-refractivity contribution in [2.45, 2.75) is 45.8 Å². The number of aliphatic hydroxyl groups excluding tert-OH is 2. The average molecular weight is 372 g/mol. The Labute approximate surface area is 158 Å². The molecule has 0 aliphatic heterocycles. The number of carboxylic acids is 1. The van der Waals surface area contributed by atoms with Crippen molar-refractivity contribution in [1.82, 2.24) is 0 Å². The summed E-state index contributed by atoms with van der Waals surface area (Å²) in [4.78, 5) is 10.6. The third-order valence-electron chi connectivity index (χ3n) is 4.47. The summed E-state index contributed by atoms with van der Waals surface area (Å²) < 4.78 is 14.4. The Morgan fingerprint density at radius 1 is 1.19 bits per heavy atom. The van der Waals surface area contributed by atoms with Crippen LogP contribution < -0.4 is 0 Å². The average Bonchev–Trinajstić information content (AvgIpc) is 2.57. The highest BCUT2D eigenvalue weighted by molar-refractivity contribution is 5.78. The first-order valence-corrected chi connectivity index (χ1v) is 8.82. The lowest BCUT2D eigenvalue weighted by Crippen LogP contribution is -2.19. The smallest absolute Gasteiger partial charge is 0.305 e. The van der Waals surface area contributed by atoms with Crippen LogP contribution in [0.4, 0.5) is 4.39 Å².